The van der Waals surface area contributed by atoms with Gasteiger partial charge >= 0.3 is 11.9 Å². The van der Waals surface area contributed by atoms with E-state index in [0.717, 1.165) is 56.3 Å². The molecule has 11 heteroatoms. The van der Waals surface area contributed by atoms with Crippen LogP contribution >= 0.6 is 12.6 Å². The molecule has 2 aromatic heterocycles. The Bertz CT molecular complexity index is 1640. The van der Waals surface area contributed by atoms with Gasteiger partial charge in [-0.15, -0.1) is 0 Å². The van der Waals surface area contributed by atoms with Crippen LogP contribution in [0, 0.1) is 25.7 Å². The summed E-state index contributed by atoms with van der Waals surface area (Å²) in [6.07, 6.45) is 8.37. The van der Waals surface area contributed by atoms with E-state index in [4.69, 9.17) is 0 Å². The Morgan fingerprint density at radius 2 is 1.39 bits per heavy atom. The van der Waals surface area contributed by atoms with Crippen LogP contribution < -0.4 is 10.6 Å². The SMILES string of the molecule is C/C=C1/C(=O)N/C(=C\c2[nH]c(Cc3[nH]c(/C=C4/NC(=O)C(C)/C4=C\CS)c(C)c3CCC(=O)O)c(CCC(=O)O)c2C)C1C. The first-order valence-corrected chi connectivity index (χ1v) is 15.4. The molecule has 2 unspecified atom stereocenters. The van der Waals surface area contributed by atoms with Crippen molar-refractivity contribution in [1.29, 1.82) is 0 Å². The van der Waals surface area contributed by atoms with Crippen LogP contribution in [0.25, 0.3) is 12.2 Å². The average Bonchev–Trinajstić information content (AvgIpc) is 3.60. The Hall–Kier alpha value is -4.25. The molecular formula is C33H40N4O6S. The predicted octanol–water partition coefficient (Wildman–Crippen LogP) is 4.60. The van der Waals surface area contributed by atoms with Gasteiger partial charge in [0.05, 0.1) is 5.92 Å². The van der Waals surface area contributed by atoms with Gasteiger partial charge in [-0.2, -0.15) is 12.6 Å². The van der Waals surface area contributed by atoms with Crippen molar-refractivity contribution in [1.82, 2.24) is 20.6 Å². The Labute approximate surface area is 262 Å². The zero-order valence-corrected chi connectivity index (χ0v) is 26.6. The van der Waals surface area contributed by atoms with Gasteiger partial charge in [0, 0.05) is 70.7 Å². The molecular weight excluding hydrogens is 580 g/mol. The lowest BCUT2D eigenvalue weighted by molar-refractivity contribution is -0.138. The summed E-state index contributed by atoms with van der Waals surface area (Å²) in [6.45, 7) is 9.49. The first kappa shape index (κ1) is 32.7. The van der Waals surface area contributed by atoms with Crippen molar-refractivity contribution in [3.05, 3.63) is 79.7 Å². The van der Waals surface area contributed by atoms with E-state index in [1.807, 2.05) is 52.8 Å². The summed E-state index contributed by atoms with van der Waals surface area (Å²) in [7, 11) is 0. The molecule has 2 aromatic rings. The average molecular weight is 621 g/mol. The van der Waals surface area contributed by atoms with Gasteiger partial charge < -0.3 is 30.8 Å². The van der Waals surface area contributed by atoms with Crippen LogP contribution in [-0.2, 0) is 38.4 Å². The molecule has 4 rings (SSSR count). The van der Waals surface area contributed by atoms with Crippen LogP contribution in [0.2, 0.25) is 0 Å². The maximum absolute atomic E-state index is 12.4. The Morgan fingerprint density at radius 3 is 1.86 bits per heavy atom. The first-order chi connectivity index (χ1) is 20.9. The van der Waals surface area contributed by atoms with Gasteiger partial charge in [0.2, 0.25) is 5.91 Å². The second-order valence-electron chi connectivity index (χ2n) is 11.3. The number of hydrogen-bond acceptors (Lipinski definition) is 5. The number of carboxylic acid groups (broad SMARTS) is 2. The molecule has 0 spiro atoms. The molecule has 2 aliphatic heterocycles. The topological polar surface area (TPSA) is 164 Å². The van der Waals surface area contributed by atoms with Gasteiger partial charge in [0.25, 0.3) is 5.91 Å². The summed E-state index contributed by atoms with van der Waals surface area (Å²) in [5.74, 6) is -1.98. The number of carbonyl (C=O) groups excluding carboxylic acids is 2. The van der Waals surface area contributed by atoms with Crippen LogP contribution in [0.15, 0.2) is 34.7 Å². The number of nitrogens with one attached hydrogen (secondary N) is 4. The third-order valence-electron chi connectivity index (χ3n) is 8.64. The highest BCUT2D eigenvalue weighted by molar-refractivity contribution is 7.80. The molecule has 44 heavy (non-hydrogen) atoms. The number of hydrogen-bond donors (Lipinski definition) is 7. The number of amides is 2. The van der Waals surface area contributed by atoms with Gasteiger partial charge in [0.1, 0.15) is 0 Å². The lowest BCUT2D eigenvalue weighted by Gasteiger charge is -2.07. The molecule has 2 fully saturated rings. The zero-order chi connectivity index (χ0) is 32.3. The van der Waals surface area contributed by atoms with E-state index in [9.17, 15) is 29.4 Å². The molecule has 234 valence electrons. The lowest BCUT2D eigenvalue weighted by Crippen LogP contribution is -2.16. The summed E-state index contributed by atoms with van der Waals surface area (Å²) < 4.78 is 0. The molecule has 0 aliphatic carbocycles. The van der Waals surface area contributed by atoms with Crippen LogP contribution in [-0.4, -0.2) is 49.7 Å². The van der Waals surface area contributed by atoms with Crippen LogP contribution in [0.1, 0.15) is 78.6 Å². The molecule has 2 atom stereocenters. The van der Waals surface area contributed by atoms with E-state index in [-0.39, 0.29) is 36.5 Å². The molecule has 2 saturated heterocycles. The van der Waals surface area contributed by atoms with Gasteiger partial charge in [-0.1, -0.05) is 19.1 Å². The third-order valence-corrected chi connectivity index (χ3v) is 8.82. The first-order valence-electron chi connectivity index (χ1n) is 14.7. The summed E-state index contributed by atoms with van der Waals surface area (Å²) >= 11 is 4.31. The fourth-order valence-electron chi connectivity index (χ4n) is 6.06. The zero-order valence-electron chi connectivity index (χ0n) is 25.7. The number of aromatic amines is 2. The number of carbonyl (C=O) groups is 4. The third kappa shape index (κ3) is 6.77. The number of aliphatic carboxylic acids is 2. The van der Waals surface area contributed by atoms with E-state index in [1.165, 1.54) is 0 Å². The molecule has 0 aromatic carbocycles. The van der Waals surface area contributed by atoms with Crippen molar-refractivity contribution in [2.75, 3.05) is 5.75 Å². The van der Waals surface area contributed by atoms with Gasteiger partial charge in [-0.05, 0) is 80.5 Å². The Balaban J connectivity index is 1.79. The van der Waals surface area contributed by atoms with E-state index < -0.39 is 11.9 Å². The molecule has 2 amide bonds. The van der Waals surface area contributed by atoms with Gasteiger partial charge in [-0.25, -0.2) is 0 Å². The lowest BCUT2D eigenvalue weighted by atomic mass is 9.97. The molecule has 0 radical (unpaired) electrons. The fraction of sp³-hybridized carbons (Fsp3) is 0.394. The van der Waals surface area contributed by atoms with Gasteiger partial charge in [-0.3, -0.25) is 19.2 Å². The van der Waals surface area contributed by atoms with E-state index >= 15 is 0 Å². The fourth-order valence-corrected chi connectivity index (χ4v) is 6.26. The number of H-pyrrole nitrogens is 2. The standard InChI is InChI=1S/C33H40N4O6S/c1-6-20-16(2)26(36-33(20)43)13-24-17(3)21(7-9-30(38)39)27(34-24)15-28-22(8-10-31(40)41)18(4)25(35-28)14-29-23(11-12-44)19(5)32(42)37-29/h6,11,13-14,16,19,34-35,44H,7-10,12,15H2,1-5H3,(H,36,43)(H,37,42)(H,38,39)(H,40,41)/b20-6+,23-11+,26-13-,29-14+. The summed E-state index contributed by atoms with van der Waals surface area (Å²) in [6, 6.07) is 0. The predicted molar refractivity (Wildman–Crippen MR) is 172 cm³/mol. The molecule has 0 saturated carbocycles. The number of thiol groups is 1. The van der Waals surface area contributed by atoms with E-state index in [2.05, 4.69) is 33.2 Å². The monoisotopic (exact) mass is 620 g/mol. The van der Waals surface area contributed by atoms with E-state index in [1.54, 1.807) is 6.08 Å². The molecule has 6 N–H and O–H groups in total. The largest absolute Gasteiger partial charge is 0.481 e. The minimum Gasteiger partial charge on any atom is -0.481 e. The highest BCUT2D eigenvalue weighted by Gasteiger charge is 2.31. The smallest absolute Gasteiger partial charge is 0.303 e. The number of rotatable bonds is 11. The summed E-state index contributed by atoms with van der Waals surface area (Å²) in [5.41, 5.74) is 9.66. The number of aromatic nitrogens is 2. The normalized spacial score (nSPS) is 22.0. The van der Waals surface area contributed by atoms with Crippen LogP contribution in [0.5, 0.6) is 0 Å². The van der Waals surface area contributed by atoms with Crippen molar-refractivity contribution >= 4 is 48.5 Å². The molecule has 10 nitrogen and oxygen atoms in total. The summed E-state index contributed by atoms with van der Waals surface area (Å²) in [5, 5.41) is 24.8. The Kier molecular flexibility index (Phi) is 10.1. The van der Waals surface area contributed by atoms with Crippen molar-refractivity contribution in [2.24, 2.45) is 11.8 Å². The van der Waals surface area contributed by atoms with Crippen molar-refractivity contribution in [3.8, 4) is 0 Å². The van der Waals surface area contributed by atoms with Crippen molar-refractivity contribution < 1.29 is 29.4 Å². The maximum atomic E-state index is 12.4. The highest BCUT2D eigenvalue weighted by atomic mass is 32.1. The van der Waals surface area contributed by atoms with Crippen molar-refractivity contribution in [3.63, 3.8) is 0 Å². The quantitative estimate of drug-likeness (QED) is 0.143. The summed E-state index contributed by atoms with van der Waals surface area (Å²) in [4.78, 5) is 54.9. The number of allylic oxidation sites excluding steroid dienone is 3. The second-order valence-corrected chi connectivity index (χ2v) is 11.7. The molecule has 2 aliphatic rings. The Morgan fingerprint density at radius 1 is 0.841 bits per heavy atom. The minimum absolute atomic E-state index is 0.0529. The van der Waals surface area contributed by atoms with Crippen molar-refractivity contribution in [2.45, 2.75) is 66.7 Å². The van der Waals surface area contributed by atoms with Crippen LogP contribution in [0.3, 0.4) is 0 Å². The van der Waals surface area contributed by atoms with Crippen LogP contribution in [0.4, 0.5) is 0 Å². The second kappa shape index (κ2) is 13.6. The number of carboxylic acids is 2. The van der Waals surface area contributed by atoms with E-state index in [0.29, 0.717) is 36.3 Å². The van der Waals surface area contributed by atoms with Gasteiger partial charge in [0.15, 0.2) is 0 Å². The minimum atomic E-state index is -0.910. The molecule has 0 bridgehead atoms. The highest BCUT2D eigenvalue weighted by Crippen LogP contribution is 2.33. The maximum Gasteiger partial charge on any atom is 0.303 e. The molecule has 4 heterocycles.